The van der Waals surface area contributed by atoms with Crippen LogP contribution in [0.25, 0.3) is 10.9 Å². The smallest absolute Gasteiger partial charge is 0.331 e. The van der Waals surface area contributed by atoms with Gasteiger partial charge in [-0.15, -0.1) is 0 Å². The summed E-state index contributed by atoms with van der Waals surface area (Å²) in [5, 5.41) is 29.3. The third-order valence-electron chi connectivity index (χ3n) is 3.76. The number of carboxylic acids is 1. The molecule has 0 bridgehead atoms. The van der Waals surface area contributed by atoms with Crippen molar-refractivity contribution in [2.24, 2.45) is 0 Å². The zero-order valence-corrected chi connectivity index (χ0v) is 11.7. The van der Waals surface area contributed by atoms with Crippen LogP contribution in [0.1, 0.15) is 16.9 Å². The topological polar surface area (TPSA) is 147 Å². The van der Waals surface area contributed by atoms with E-state index in [4.69, 9.17) is 4.74 Å². The zero-order valence-electron chi connectivity index (χ0n) is 11.7. The number of hydrogen-bond acceptors (Lipinski definition) is 6. The van der Waals surface area contributed by atoms with Gasteiger partial charge in [-0.25, -0.2) is 4.79 Å². The number of aliphatic carboxylic acids is 1. The lowest BCUT2D eigenvalue weighted by molar-refractivity contribution is -0.384. The van der Waals surface area contributed by atoms with Gasteiger partial charge in [-0.3, -0.25) is 20.0 Å². The lowest BCUT2D eigenvalue weighted by Gasteiger charge is -2.23. The van der Waals surface area contributed by atoms with Gasteiger partial charge < -0.3 is 15.2 Å². The number of carboxylic acid groups (broad SMARTS) is 1. The fourth-order valence-corrected chi connectivity index (χ4v) is 2.45. The maximum absolute atomic E-state index is 12.4. The summed E-state index contributed by atoms with van der Waals surface area (Å²) in [7, 11) is 0. The van der Waals surface area contributed by atoms with E-state index < -0.39 is 22.3 Å². The Labute approximate surface area is 128 Å². The number of aromatic amines is 1. The highest BCUT2D eigenvalue weighted by molar-refractivity contribution is 6.06. The van der Waals surface area contributed by atoms with Gasteiger partial charge in [-0.2, -0.15) is 5.10 Å². The van der Waals surface area contributed by atoms with Crippen LogP contribution in [0, 0.1) is 10.1 Å². The van der Waals surface area contributed by atoms with E-state index in [2.05, 4.69) is 15.5 Å². The van der Waals surface area contributed by atoms with Crippen LogP contribution in [0.5, 0.6) is 0 Å². The number of H-pyrrole nitrogens is 1. The normalized spacial score (nSPS) is 20.5. The minimum atomic E-state index is -1.51. The van der Waals surface area contributed by atoms with Crippen LogP contribution in [-0.2, 0) is 9.53 Å². The number of aromatic nitrogens is 2. The fraction of sp³-hybridized carbons (Fsp3) is 0.308. The number of amides is 1. The van der Waals surface area contributed by atoms with Gasteiger partial charge in [-0.05, 0) is 6.07 Å². The lowest BCUT2D eigenvalue weighted by atomic mass is 9.98. The van der Waals surface area contributed by atoms with Crippen molar-refractivity contribution in [3.8, 4) is 0 Å². The van der Waals surface area contributed by atoms with Crippen LogP contribution in [0.3, 0.4) is 0 Å². The molecule has 1 unspecified atom stereocenters. The summed E-state index contributed by atoms with van der Waals surface area (Å²) in [6.45, 7) is 0.0793. The van der Waals surface area contributed by atoms with E-state index in [1.807, 2.05) is 0 Å². The molecular weight excluding hydrogens is 308 g/mol. The van der Waals surface area contributed by atoms with Crippen molar-refractivity contribution in [1.29, 1.82) is 0 Å². The van der Waals surface area contributed by atoms with Crippen molar-refractivity contribution in [3.05, 3.63) is 34.0 Å². The number of nitrogens with one attached hydrogen (secondary N) is 2. The van der Waals surface area contributed by atoms with Gasteiger partial charge in [0.15, 0.2) is 11.2 Å². The van der Waals surface area contributed by atoms with Crippen molar-refractivity contribution >= 4 is 28.5 Å². The quantitative estimate of drug-likeness (QED) is 0.547. The molecule has 1 fully saturated rings. The van der Waals surface area contributed by atoms with E-state index in [1.54, 1.807) is 0 Å². The Kier molecular flexibility index (Phi) is 3.45. The van der Waals surface area contributed by atoms with Gasteiger partial charge in [0, 0.05) is 30.5 Å². The van der Waals surface area contributed by atoms with Crippen LogP contribution in [0.4, 0.5) is 5.69 Å². The third-order valence-corrected chi connectivity index (χ3v) is 3.76. The number of fused-ring (bicyclic) bond motifs is 1. The molecule has 0 spiro atoms. The zero-order chi connectivity index (χ0) is 16.6. The number of carbonyl (C=O) groups is 2. The summed E-state index contributed by atoms with van der Waals surface area (Å²) in [5.41, 5.74) is -1.36. The Balaban J connectivity index is 1.96. The first-order chi connectivity index (χ1) is 10.9. The van der Waals surface area contributed by atoms with Crippen LogP contribution in [-0.4, -0.2) is 50.9 Å². The number of nitro groups is 1. The number of ether oxygens (including phenoxy) is 1. The molecule has 3 N–H and O–H groups in total. The highest BCUT2D eigenvalue weighted by Gasteiger charge is 2.44. The van der Waals surface area contributed by atoms with Crippen molar-refractivity contribution in [1.82, 2.24) is 15.5 Å². The molecule has 0 aliphatic carbocycles. The molecular formula is C13H12N4O6. The first-order valence-corrected chi connectivity index (χ1v) is 6.69. The average Bonchev–Trinajstić information content (AvgIpc) is 3.13. The highest BCUT2D eigenvalue weighted by atomic mass is 16.6. The van der Waals surface area contributed by atoms with Crippen LogP contribution in [0.15, 0.2) is 18.2 Å². The SMILES string of the molecule is O=C(NC1(C(=O)O)CCOC1)c1n[nH]c2ccc([N+](=O)[O-])cc12. The predicted octanol–water partition coefficient (Wildman–Crippen LogP) is 0.445. The maximum atomic E-state index is 12.4. The van der Waals surface area contributed by atoms with Crippen molar-refractivity contribution in [2.75, 3.05) is 13.2 Å². The van der Waals surface area contributed by atoms with Crippen LogP contribution < -0.4 is 5.32 Å². The Morgan fingerprint density at radius 1 is 1.48 bits per heavy atom. The second kappa shape index (κ2) is 5.32. The molecule has 1 aromatic heterocycles. The first kappa shape index (κ1) is 14.9. The maximum Gasteiger partial charge on any atom is 0.331 e. The van der Waals surface area contributed by atoms with Gasteiger partial charge in [0.2, 0.25) is 0 Å². The molecule has 1 aliphatic heterocycles. The number of rotatable bonds is 4. The Morgan fingerprint density at radius 2 is 2.26 bits per heavy atom. The Hall–Kier alpha value is -3.01. The number of nitrogens with zero attached hydrogens (tertiary/aromatic N) is 2. The molecule has 0 radical (unpaired) electrons. The summed E-state index contributed by atoms with van der Waals surface area (Å²) in [4.78, 5) is 34.1. The second-order valence-corrected chi connectivity index (χ2v) is 5.20. The molecule has 1 amide bonds. The molecule has 1 aliphatic rings. The van der Waals surface area contributed by atoms with Gasteiger partial charge in [0.05, 0.1) is 17.0 Å². The summed E-state index contributed by atoms with van der Waals surface area (Å²) in [6.07, 6.45) is 0.135. The van der Waals surface area contributed by atoms with E-state index in [0.29, 0.717) is 5.52 Å². The van der Waals surface area contributed by atoms with Crippen molar-refractivity contribution in [3.63, 3.8) is 0 Å². The van der Waals surface area contributed by atoms with E-state index >= 15 is 0 Å². The predicted molar refractivity (Wildman–Crippen MR) is 76.0 cm³/mol. The first-order valence-electron chi connectivity index (χ1n) is 6.69. The fourth-order valence-electron chi connectivity index (χ4n) is 2.45. The van der Waals surface area contributed by atoms with Crippen molar-refractivity contribution in [2.45, 2.75) is 12.0 Å². The minimum absolute atomic E-state index is 0.101. The average molecular weight is 320 g/mol. The van der Waals surface area contributed by atoms with E-state index in [0.717, 1.165) is 0 Å². The lowest BCUT2D eigenvalue weighted by Crippen LogP contribution is -2.55. The number of hydrogen-bond donors (Lipinski definition) is 3. The van der Waals surface area contributed by atoms with E-state index in [9.17, 15) is 24.8 Å². The standard InChI is InChI=1S/C13H12N4O6/c18-11(14-13(12(19)20)3-4-23-6-13)10-8-5-7(17(21)22)1-2-9(8)15-16-10/h1-2,5H,3-4,6H2,(H,14,18)(H,15,16)(H,19,20). The molecule has 1 aromatic carbocycles. The van der Waals surface area contributed by atoms with E-state index in [-0.39, 0.29) is 36.4 Å². The molecule has 10 heteroatoms. The minimum Gasteiger partial charge on any atom is -0.479 e. The number of benzene rings is 1. The summed E-state index contributed by atoms with van der Waals surface area (Å²) >= 11 is 0. The summed E-state index contributed by atoms with van der Waals surface area (Å²) in [6, 6.07) is 3.93. The molecule has 1 atom stereocenters. The molecule has 2 aromatic rings. The van der Waals surface area contributed by atoms with E-state index in [1.165, 1.54) is 18.2 Å². The van der Waals surface area contributed by atoms with Crippen LogP contribution in [0.2, 0.25) is 0 Å². The molecule has 23 heavy (non-hydrogen) atoms. The number of carbonyl (C=O) groups excluding carboxylic acids is 1. The summed E-state index contributed by atoms with van der Waals surface area (Å²) < 4.78 is 5.06. The highest BCUT2D eigenvalue weighted by Crippen LogP contribution is 2.24. The van der Waals surface area contributed by atoms with Gasteiger partial charge in [-0.1, -0.05) is 0 Å². The molecule has 3 rings (SSSR count). The van der Waals surface area contributed by atoms with Crippen LogP contribution >= 0.6 is 0 Å². The molecule has 1 saturated heterocycles. The van der Waals surface area contributed by atoms with Gasteiger partial charge in [0.1, 0.15) is 0 Å². The molecule has 120 valence electrons. The molecule has 10 nitrogen and oxygen atoms in total. The Bertz CT molecular complexity index is 808. The molecule has 2 heterocycles. The van der Waals surface area contributed by atoms with Gasteiger partial charge in [0.25, 0.3) is 11.6 Å². The third kappa shape index (κ3) is 2.48. The monoisotopic (exact) mass is 320 g/mol. The second-order valence-electron chi connectivity index (χ2n) is 5.20. The number of nitro benzene ring substituents is 1. The Morgan fingerprint density at radius 3 is 2.87 bits per heavy atom. The van der Waals surface area contributed by atoms with Crippen molar-refractivity contribution < 1.29 is 24.4 Å². The molecule has 0 saturated carbocycles. The number of non-ortho nitro benzene ring substituents is 1. The van der Waals surface area contributed by atoms with Gasteiger partial charge >= 0.3 is 5.97 Å². The summed E-state index contributed by atoms with van der Waals surface area (Å²) in [5.74, 6) is -1.93. The largest absolute Gasteiger partial charge is 0.479 e.